The van der Waals surface area contributed by atoms with Gasteiger partial charge in [0, 0.05) is 77.9 Å². The third-order valence-corrected chi connectivity index (χ3v) is 17.3. The first-order valence-electron chi connectivity index (χ1n) is 30.6. The van der Waals surface area contributed by atoms with Crippen LogP contribution in [0, 0.1) is 42.2 Å². The summed E-state index contributed by atoms with van der Waals surface area (Å²) in [6.07, 6.45) is 3.88. The van der Waals surface area contributed by atoms with Crippen molar-refractivity contribution in [2.24, 2.45) is 29.4 Å². The zero-order valence-corrected chi connectivity index (χ0v) is 53.1. The molecule has 0 spiro atoms. The number of carbonyl (C=O) groups is 8. The summed E-state index contributed by atoms with van der Waals surface area (Å²) in [4.78, 5) is 131. The van der Waals surface area contributed by atoms with Gasteiger partial charge in [0.2, 0.25) is 29.5 Å². The minimum atomic E-state index is -1.12. The maximum absolute atomic E-state index is 15.0. The maximum atomic E-state index is 15.0. The molecule has 0 unspecified atom stereocenters. The molecule has 3 fully saturated rings. The van der Waals surface area contributed by atoms with Gasteiger partial charge in [0.05, 0.1) is 11.0 Å². The van der Waals surface area contributed by atoms with Gasteiger partial charge in [-0.25, -0.2) is 28.0 Å². The summed E-state index contributed by atoms with van der Waals surface area (Å²) in [5.41, 5.74) is 9.49. The minimum Gasteiger partial charge on any atom is -0.465 e. The van der Waals surface area contributed by atoms with Gasteiger partial charge < -0.3 is 56.3 Å². The quantitative estimate of drug-likeness (QED) is 0.0364. The van der Waals surface area contributed by atoms with Gasteiger partial charge in [0.15, 0.2) is 22.8 Å². The summed E-state index contributed by atoms with van der Waals surface area (Å²) in [7, 11) is 0. The SMILES string of the molecule is CC(C)(C)OC(=O)NC[C@H]1CC[C@H](C(=O)N(c2cc(F)c3oc(=O)[nH]c3c2)[C@@H](Cc2ccc(Br)cc2)C(N)=O)CC1.Cc1cc(C(=O)N[C@H]2CCNC2=O)ccc1-c1ccc(C[C@H](NC(=O)[C@H]2CC[C@H](CNC(=O)O)CC2)C(=O)Nc2cc(F)c3oc(=O)[nH]c3c2)cc1. The number of nitrogens with zero attached hydrogens (tertiary/aromatic N) is 1. The van der Waals surface area contributed by atoms with Crippen LogP contribution in [0.1, 0.15) is 106 Å². The molecule has 3 heterocycles. The standard InChI is InChI=1S/C37H39FN6O8.C29H34BrFN4O6/c1-19-14-24(33(46)42-28-12-13-39-34(28)47)10-11-26(19)22-6-2-20(3-7-22)15-30(43-32(45)23-8-4-21(5-9-23)18-40-36(49)50)35(48)41-25-16-27(38)31-29(17-25)44-37(51)52-31;1-29(2,3)41-27(38)33-15-17-4-8-18(9-5-17)26(37)35(20-13-21(31)24-22(14-20)34-28(39)40-24)23(25(32)36)12-16-6-10-19(30)11-7-16/h2-3,6-7,10-11,14,16-17,21,23,28,30,40H,4-5,8-9,12-13,15,18H2,1H3,(H,39,47)(H,41,48)(H,42,46)(H,43,45)(H,44,51)(H,49,50);6-7,10-11,13-14,17-18,23H,4-5,8-9,12,15H2,1-3H3,(H2,32,36)(H,33,38)(H,34,39)/t21-,23-,28-,30-;17-,18-,23-/m00/s1. The number of alkyl carbamates (subject to hydrolysis) is 1. The number of hydrogen-bond acceptors (Lipinski definition) is 13. The van der Waals surface area contributed by atoms with Gasteiger partial charge in [-0.3, -0.25) is 43.6 Å². The van der Waals surface area contributed by atoms with E-state index in [4.69, 9.17) is 24.4 Å². The Bertz CT molecular complexity index is 4050. The van der Waals surface area contributed by atoms with E-state index in [2.05, 4.69) is 57.8 Å². The predicted molar refractivity (Wildman–Crippen MR) is 343 cm³/mol. The van der Waals surface area contributed by atoms with E-state index in [-0.39, 0.29) is 87.8 Å². The number of benzene rings is 5. The number of primary amides is 1. The number of aromatic nitrogens is 2. The maximum Gasteiger partial charge on any atom is 0.417 e. The Kier molecular flexibility index (Phi) is 21.7. The molecule has 2 saturated carbocycles. The van der Waals surface area contributed by atoms with Crippen LogP contribution in [0.5, 0.6) is 0 Å². The Morgan fingerprint density at radius 2 is 1.31 bits per heavy atom. The molecule has 0 bridgehead atoms. The van der Waals surface area contributed by atoms with E-state index in [9.17, 15) is 52.3 Å². The van der Waals surface area contributed by atoms with E-state index in [1.807, 2.05) is 61.5 Å². The smallest absolute Gasteiger partial charge is 0.417 e. The Hall–Kier alpha value is -9.66. The summed E-state index contributed by atoms with van der Waals surface area (Å²) >= 11 is 3.39. The number of carbonyl (C=O) groups excluding carboxylic acids is 7. The lowest BCUT2D eigenvalue weighted by Gasteiger charge is -2.35. The first kappa shape index (κ1) is 67.7. The molecule has 1 saturated heterocycles. The highest BCUT2D eigenvalue weighted by Gasteiger charge is 2.38. The fraction of sp³-hybridized carbons (Fsp3) is 0.394. The van der Waals surface area contributed by atoms with E-state index in [0.717, 1.165) is 44.4 Å². The lowest BCUT2D eigenvalue weighted by atomic mass is 9.81. The van der Waals surface area contributed by atoms with Gasteiger partial charge in [-0.05, 0) is 162 Å². The fourth-order valence-corrected chi connectivity index (χ4v) is 12.2. The topological polar surface area (TPSA) is 359 Å². The molecule has 8 amide bonds. The predicted octanol–water partition coefficient (Wildman–Crippen LogP) is 8.38. The molecule has 0 radical (unpaired) electrons. The Balaban J connectivity index is 0.000000226. The Morgan fingerprint density at radius 3 is 1.89 bits per heavy atom. The monoisotopic (exact) mass is 1350 g/mol. The number of ether oxygens (including phenoxy) is 1. The number of halogens is 3. The summed E-state index contributed by atoms with van der Waals surface area (Å²) in [5.74, 6) is -6.48. The molecule has 5 aromatic carbocycles. The highest BCUT2D eigenvalue weighted by atomic mass is 79.9. The number of rotatable bonds is 19. The van der Waals surface area contributed by atoms with Crippen molar-refractivity contribution in [2.45, 2.75) is 122 Å². The first-order valence-corrected chi connectivity index (χ1v) is 31.4. The van der Waals surface area contributed by atoms with Crippen molar-refractivity contribution in [1.82, 2.24) is 36.6 Å². The van der Waals surface area contributed by atoms with Crippen molar-refractivity contribution in [3.8, 4) is 11.1 Å². The third-order valence-electron chi connectivity index (χ3n) is 16.8. The molecular formula is C66H73BrF2N10O14. The van der Waals surface area contributed by atoms with E-state index in [1.54, 1.807) is 32.9 Å². The van der Waals surface area contributed by atoms with E-state index in [0.29, 0.717) is 83.0 Å². The van der Waals surface area contributed by atoms with Gasteiger partial charge in [0.1, 0.15) is 23.7 Å². The lowest BCUT2D eigenvalue weighted by Crippen LogP contribution is -2.52. The number of oxazole rings is 2. The molecule has 2 aliphatic carbocycles. The number of aromatic amines is 2. The number of H-pyrrole nitrogens is 2. The molecule has 27 heteroatoms. The number of aryl methyl sites for hydroxylation is 1. The second-order valence-electron chi connectivity index (χ2n) is 24.7. The highest BCUT2D eigenvalue weighted by molar-refractivity contribution is 9.10. The molecule has 3 atom stereocenters. The van der Waals surface area contributed by atoms with Crippen LogP contribution in [0.25, 0.3) is 33.3 Å². The van der Waals surface area contributed by atoms with Crippen molar-refractivity contribution in [3.05, 3.63) is 150 Å². The van der Waals surface area contributed by atoms with Crippen LogP contribution < -0.4 is 54.0 Å². The van der Waals surface area contributed by atoms with Crippen molar-refractivity contribution >= 4 is 97.1 Å². The molecule has 93 heavy (non-hydrogen) atoms. The van der Waals surface area contributed by atoms with Crippen molar-refractivity contribution < 1.29 is 65.8 Å². The van der Waals surface area contributed by atoms with Gasteiger partial charge in [0.25, 0.3) is 5.91 Å². The van der Waals surface area contributed by atoms with Crippen LogP contribution >= 0.6 is 15.9 Å². The number of carboxylic acid groups (broad SMARTS) is 1. The average Bonchev–Trinajstić information content (AvgIpc) is 1.77. The van der Waals surface area contributed by atoms with Crippen molar-refractivity contribution in [2.75, 3.05) is 29.9 Å². The summed E-state index contributed by atoms with van der Waals surface area (Å²) in [5, 5.41) is 25.1. The van der Waals surface area contributed by atoms with Gasteiger partial charge in [-0.1, -0.05) is 58.4 Å². The lowest BCUT2D eigenvalue weighted by molar-refractivity contribution is -0.130. The molecule has 7 aromatic rings. The second-order valence-corrected chi connectivity index (χ2v) is 25.6. The number of hydrogen-bond donors (Lipinski definition) is 10. The first-order chi connectivity index (χ1) is 44.2. The molecule has 11 N–H and O–H groups in total. The summed E-state index contributed by atoms with van der Waals surface area (Å²) in [6, 6.07) is 22.1. The third kappa shape index (κ3) is 17.9. The van der Waals surface area contributed by atoms with Gasteiger partial charge in [-0.15, -0.1) is 0 Å². The molecular weight excluding hydrogens is 1270 g/mol. The number of nitrogens with one attached hydrogen (secondary N) is 8. The number of nitrogens with two attached hydrogens (primary N) is 1. The molecule has 10 rings (SSSR count). The summed E-state index contributed by atoms with van der Waals surface area (Å²) < 4.78 is 45.5. The van der Waals surface area contributed by atoms with Crippen molar-refractivity contribution in [1.29, 1.82) is 0 Å². The van der Waals surface area contributed by atoms with Crippen LogP contribution in [-0.2, 0) is 41.6 Å². The second kappa shape index (κ2) is 29.7. The van der Waals surface area contributed by atoms with Crippen LogP contribution in [-0.4, -0.2) is 106 Å². The van der Waals surface area contributed by atoms with E-state index in [1.165, 1.54) is 17.0 Å². The summed E-state index contributed by atoms with van der Waals surface area (Å²) in [6.45, 7) is 8.51. The molecule has 1 aliphatic heterocycles. The van der Waals surface area contributed by atoms with Crippen LogP contribution in [0.2, 0.25) is 0 Å². The largest absolute Gasteiger partial charge is 0.465 e. The zero-order chi connectivity index (χ0) is 66.8. The Labute approximate surface area is 540 Å². The van der Waals surface area contributed by atoms with Crippen LogP contribution in [0.15, 0.2) is 114 Å². The number of anilines is 2. The Morgan fingerprint density at radius 1 is 0.731 bits per heavy atom. The van der Waals surface area contributed by atoms with Crippen LogP contribution in [0.4, 0.5) is 29.7 Å². The molecule has 24 nitrogen and oxygen atoms in total. The fourth-order valence-electron chi connectivity index (χ4n) is 12.0. The van der Waals surface area contributed by atoms with Crippen molar-refractivity contribution in [3.63, 3.8) is 0 Å². The molecule has 3 aliphatic rings. The van der Waals surface area contributed by atoms with E-state index >= 15 is 4.39 Å². The minimum absolute atomic E-state index is 0.0617. The number of fused-ring (bicyclic) bond motifs is 2. The van der Waals surface area contributed by atoms with E-state index < -0.39 is 76.8 Å². The van der Waals surface area contributed by atoms with Gasteiger partial charge in [-0.2, -0.15) is 0 Å². The molecule has 2 aromatic heterocycles. The average molecular weight is 1350 g/mol. The normalized spacial score (nSPS) is 18.6. The zero-order valence-electron chi connectivity index (χ0n) is 51.5. The highest BCUT2D eigenvalue weighted by Crippen LogP contribution is 2.35. The number of amides is 8. The van der Waals surface area contributed by atoms with Crippen LogP contribution in [0.3, 0.4) is 0 Å². The van der Waals surface area contributed by atoms with Gasteiger partial charge >= 0.3 is 23.7 Å². The molecule has 492 valence electrons.